The average molecular weight is 253 g/mol. The standard InChI is InChI=1S/C10H8F5NO/c1-4(17)8-6(10(13,14)15)2-5(9(11)12)3-7(8)16/h2-3,9H,16H2,1H3. The smallest absolute Gasteiger partial charge is 0.398 e. The molecule has 0 fully saturated rings. The summed E-state index contributed by atoms with van der Waals surface area (Å²) in [7, 11) is 0. The topological polar surface area (TPSA) is 43.1 Å². The molecule has 17 heavy (non-hydrogen) atoms. The minimum atomic E-state index is -4.90. The number of Topliss-reactive ketones (excluding diaryl/α,β-unsaturated/α-hetero) is 1. The van der Waals surface area contributed by atoms with Gasteiger partial charge in [-0.25, -0.2) is 8.78 Å². The monoisotopic (exact) mass is 253 g/mol. The van der Waals surface area contributed by atoms with E-state index in [9.17, 15) is 26.7 Å². The van der Waals surface area contributed by atoms with Crippen LogP contribution in [0.3, 0.4) is 0 Å². The summed E-state index contributed by atoms with van der Waals surface area (Å²) in [5.41, 5.74) is 1.54. The molecule has 0 radical (unpaired) electrons. The van der Waals surface area contributed by atoms with E-state index < -0.39 is 40.8 Å². The lowest BCUT2D eigenvalue weighted by atomic mass is 9.98. The number of benzene rings is 1. The number of carbonyl (C=O) groups is 1. The van der Waals surface area contributed by atoms with Crippen LogP contribution in [-0.2, 0) is 6.18 Å². The first-order valence-corrected chi connectivity index (χ1v) is 4.44. The van der Waals surface area contributed by atoms with Crippen LogP contribution in [0, 0.1) is 0 Å². The van der Waals surface area contributed by atoms with E-state index in [0.717, 1.165) is 6.92 Å². The summed E-state index contributed by atoms with van der Waals surface area (Å²) in [5, 5.41) is 0. The van der Waals surface area contributed by atoms with Crippen LogP contribution in [0.4, 0.5) is 27.6 Å². The Morgan fingerprint density at radius 2 is 1.82 bits per heavy atom. The second-order valence-corrected chi connectivity index (χ2v) is 3.39. The predicted octanol–water partition coefficient (Wildman–Crippen LogP) is 3.43. The van der Waals surface area contributed by atoms with Gasteiger partial charge in [0.15, 0.2) is 5.78 Å². The third-order valence-electron chi connectivity index (χ3n) is 2.10. The third kappa shape index (κ3) is 2.72. The molecule has 0 aliphatic rings. The number of halogens is 5. The van der Waals surface area contributed by atoms with Gasteiger partial charge in [0.1, 0.15) is 0 Å². The molecule has 94 valence electrons. The highest BCUT2D eigenvalue weighted by Gasteiger charge is 2.36. The normalized spacial score (nSPS) is 11.9. The fraction of sp³-hybridized carbons (Fsp3) is 0.300. The van der Waals surface area contributed by atoms with E-state index in [1.807, 2.05) is 0 Å². The van der Waals surface area contributed by atoms with Crippen molar-refractivity contribution in [3.05, 3.63) is 28.8 Å². The van der Waals surface area contributed by atoms with Crippen LogP contribution in [0.25, 0.3) is 0 Å². The highest BCUT2D eigenvalue weighted by molar-refractivity contribution is 6.00. The Kier molecular flexibility index (Phi) is 3.40. The van der Waals surface area contributed by atoms with Crippen LogP contribution in [0.5, 0.6) is 0 Å². The van der Waals surface area contributed by atoms with E-state index in [0.29, 0.717) is 6.07 Å². The zero-order valence-corrected chi connectivity index (χ0v) is 8.61. The first-order valence-electron chi connectivity index (χ1n) is 4.44. The maximum Gasteiger partial charge on any atom is 0.417 e. The van der Waals surface area contributed by atoms with Crippen molar-refractivity contribution < 1.29 is 26.7 Å². The van der Waals surface area contributed by atoms with Gasteiger partial charge >= 0.3 is 6.18 Å². The van der Waals surface area contributed by atoms with Crippen molar-refractivity contribution in [2.75, 3.05) is 5.73 Å². The van der Waals surface area contributed by atoms with Gasteiger partial charge < -0.3 is 5.73 Å². The van der Waals surface area contributed by atoms with E-state index in [-0.39, 0.29) is 6.07 Å². The summed E-state index contributed by atoms with van der Waals surface area (Å²) in [5.74, 6) is -0.921. The van der Waals surface area contributed by atoms with Crippen molar-refractivity contribution in [2.45, 2.75) is 19.5 Å². The maximum absolute atomic E-state index is 12.6. The van der Waals surface area contributed by atoms with Crippen molar-refractivity contribution in [3.8, 4) is 0 Å². The summed E-state index contributed by atoms with van der Waals surface area (Å²) in [4.78, 5) is 11.0. The van der Waals surface area contributed by atoms with E-state index in [1.54, 1.807) is 0 Å². The molecule has 2 N–H and O–H groups in total. The van der Waals surface area contributed by atoms with E-state index in [4.69, 9.17) is 5.73 Å². The molecule has 0 aliphatic carbocycles. The number of nitrogen functional groups attached to an aromatic ring is 1. The molecule has 0 aliphatic heterocycles. The molecule has 0 atom stereocenters. The molecular formula is C10H8F5NO. The maximum atomic E-state index is 12.6. The van der Waals surface area contributed by atoms with Crippen LogP contribution in [0.2, 0.25) is 0 Å². The minimum Gasteiger partial charge on any atom is -0.398 e. The number of ketones is 1. The van der Waals surface area contributed by atoms with E-state index in [2.05, 4.69) is 0 Å². The van der Waals surface area contributed by atoms with Crippen LogP contribution < -0.4 is 5.73 Å². The second-order valence-electron chi connectivity index (χ2n) is 3.39. The Balaban J connectivity index is 3.57. The van der Waals surface area contributed by atoms with E-state index >= 15 is 0 Å². The number of hydrogen-bond donors (Lipinski definition) is 1. The molecule has 0 amide bonds. The first-order chi connectivity index (χ1) is 7.64. The molecule has 1 aromatic carbocycles. The second kappa shape index (κ2) is 4.31. The molecule has 1 aromatic rings. The molecule has 0 spiro atoms. The Morgan fingerprint density at radius 3 is 2.18 bits per heavy atom. The lowest BCUT2D eigenvalue weighted by molar-refractivity contribution is -0.138. The van der Waals surface area contributed by atoms with Gasteiger partial charge in [-0.2, -0.15) is 13.2 Å². The minimum absolute atomic E-state index is 0.248. The van der Waals surface area contributed by atoms with Gasteiger partial charge in [0.05, 0.1) is 11.1 Å². The van der Waals surface area contributed by atoms with Gasteiger partial charge in [-0.05, 0) is 19.1 Å². The molecule has 0 bridgehead atoms. The van der Waals surface area contributed by atoms with Crippen LogP contribution in [0.1, 0.15) is 34.8 Å². The Bertz CT molecular complexity index is 453. The van der Waals surface area contributed by atoms with Crippen LogP contribution in [-0.4, -0.2) is 5.78 Å². The van der Waals surface area contributed by atoms with Crippen LogP contribution in [0.15, 0.2) is 12.1 Å². The lowest BCUT2D eigenvalue weighted by Crippen LogP contribution is -2.15. The van der Waals surface area contributed by atoms with Gasteiger partial charge in [-0.15, -0.1) is 0 Å². The number of carbonyl (C=O) groups excluding carboxylic acids is 1. The first kappa shape index (κ1) is 13.4. The molecular weight excluding hydrogens is 245 g/mol. The highest BCUT2D eigenvalue weighted by Crippen LogP contribution is 2.37. The SMILES string of the molecule is CC(=O)c1c(N)cc(C(F)F)cc1C(F)(F)F. The largest absolute Gasteiger partial charge is 0.417 e. The predicted molar refractivity (Wildman–Crippen MR) is 50.8 cm³/mol. The average Bonchev–Trinajstić information content (AvgIpc) is 2.14. The van der Waals surface area contributed by atoms with E-state index in [1.165, 1.54) is 0 Å². The van der Waals surface area contributed by atoms with Crippen molar-refractivity contribution >= 4 is 11.5 Å². The van der Waals surface area contributed by atoms with Crippen molar-refractivity contribution in [1.29, 1.82) is 0 Å². The summed E-state index contributed by atoms with van der Waals surface area (Å²) in [6.45, 7) is 0.892. The number of rotatable bonds is 2. The number of hydrogen-bond acceptors (Lipinski definition) is 2. The van der Waals surface area contributed by atoms with Crippen molar-refractivity contribution in [3.63, 3.8) is 0 Å². The van der Waals surface area contributed by atoms with Crippen molar-refractivity contribution in [1.82, 2.24) is 0 Å². The zero-order valence-electron chi connectivity index (χ0n) is 8.61. The fourth-order valence-corrected chi connectivity index (χ4v) is 1.43. The molecule has 2 nitrogen and oxygen atoms in total. The molecule has 0 heterocycles. The summed E-state index contributed by atoms with van der Waals surface area (Å²) < 4.78 is 62.4. The molecule has 0 saturated carbocycles. The quantitative estimate of drug-likeness (QED) is 0.498. The molecule has 0 aromatic heterocycles. The summed E-state index contributed by atoms with van der Waals surface area (Å²) in [6, 6.07) is 0.925. The highest BCUT2D eigenvalue weighted by atomic mass is 19.4. The van der Waals surface area contributed by atoms with Gasteiger partial charge in [-0.3, -0.25) is 4.79 Å². The molecule has 7 heteroatoms. The summed E-state index contributed by atoms with van der Waals surface area (Å²) >= 11 is 0. The third-order valence-corrected chi connectivity index (χ3v) is 2.10. The van der Waals surface area contributed by atoms with Gasteiger partial charge in [0.25, 0.3) is 6.43 Å². The molecule has 1 rings (SSSR count). The van der Waals surface area contributed by atoms with Crippen LogP contribution >= 0.6 is 0 Å². The molecule has 0 saturated heterocycles. The molecule has 0 unspecified atom stereocenters. The lowest BCUT2D eigenvalue weighted by Gasteiger charge is -2.15. The fourth-order valence-electron chi connectivity index (χ4n) is 1.43. The Hall–Kier alpha value is -1.66. The zero-order chi connectivity index (χ0) is 13.4. The van der Waals surface area contributed by atoms with Crippen molar-refractivity contribution in [2.24, 2.45) is 0 Å². The Labute approximate surface area is 93.2 Å². The van der Waals surface area contributed by atoms with Gasteiger partial charge in [0, 0.05) is 11.3 Å². The van der Waals surface area contributed by atoms with Gasteiger partial charge in [-0.1, -0.05) is 0 Å². The number of nitrogens with two attached hydrogens (primary N) is 1. The Morgan fingerprint density at radius 1 is 1.29 bits per heavy atom. The summed E-state index contributed by atoms with van der Waals surface area (Å²) in [6.07, 6.45) is -7.99. The number of alkyl halides is 5. The van der Waals surface area contributed by atoms with Gasteiger partial charge in [0.2, 0.25) is 0 Å². The number of anilines is 1.